The molecule has 1 aromatic rings. The molecule has 17 heavy (non-hydrogen) atoms. The van der Waals surface area contributed by atoms with Gasteiger partial charge in [-0.2, -0.15) is 11.8 Å². The summed E-state index contributed by atoms with van der Waals surface area (Å²) in [6.07, 6.45) is 1.82. The third-order valence-electron chi connectivity index (χ3n) is 3.08. The summed E-state index contributed by atoms with van der Waals surface area (Å²) >= 11 is 2.06. The van der Waals surface area contributed by atoms with E-state index in [1.807, 2.05) is 12.3 Å². The van der Waals surface area contributed by atoms with E-state index in [9.17, 15) is 0 Å². The van der Waals surface area contributed by atoms with Crippen LogP contribution in [0.1, 0.15) is 25.1 Å². The first-order valence-corrected chi connectivity index (χ1v) is 7.08. The lowest BCUT2D eigenvalue weighted by Gasteiger charge is -2.37. The van der Waals surface area contributed by atoms with Crippen LogP contribution in [0.25, 0.3) is 0 Å². The summed E-state index contributed by atoms with van der Waals surface area (Å²) in [5.41, 5.74) is 8.03. The van der Waals surface area contributed by atoms with Gasteiger partial charge in [0.05, 0.1) is 5.69 Å². The Hall–Kier alpha value is -0.580. The topological polar surface area (TPSA) is 42.2 Å². The molecule has 4 heteroatoms. The summed E-state index contributed by atoms with van der Waals surface area (Å²) in [4.78, 5) is 6.85. The van der Waals surface area contributed by atoms with E-state index < -0.39 is 0 Å². The zero-order chi connectivity index (χ0) is 12.3. The molecule has 0 bridgehead atoms. The van der Waals surface area contributed by atoms with Crippen molar-refractivity contribution in [3.05, 3.63) is 29.6 Å². The number of pyridine rings is 1. The molecule has 2 N–H and O–H groups in total. The molecular weight excluding hydrogens is 230 g/mol. The van der Waals surface area contributed by atoms with Crippen LogP contribution in [0.3, 0.4) is 0 Å². The lowest BCUT2D eigenvalue weighted by molar-refractivity contribution is 0.251. The van der Waals surface area contributed by atoms with Crippen molar-refractivity contribution < 1.29 is 0 Å². The molecule has 0 spiro atoms. The molecule has 1 aliphatic heterocycles. The minimum atomic E-state index is 0.364. The van der Waals surface area contributed by atoms with Gasteiger partial charge < -0.3 is 5.73 Å². The first-order chi connectivity index (χ1) is 8.11. The normalized spacial score (nSPS) is 20.4. The molecule has 1 aromatic heterocycles. The van der Waals surface area contributed by atoms with Gasteiger partial charge in [0.2, 0.25) is 0 Å². The Kier molecular flexibility index (Phi) is 4.07. The summed E-state index contributed by atoms with van der Waals surface area (Å²) < 4.78 is 0.364. The highest BCUT2D eigenvalue weighted by Crippen LogP contribution is 2.30. The summed E-state index contributed by atoms with van der Waals surface area (Å²) in [5.74, 6) is 1.21. The van der Waals surface area contributed by atoms with Crippen LogP contribution >= 0.6 is 11.8 Å². The Bertz CT molecular complexity index is 379. The fraction of sp³-hybridized carbons (Fsp3) is 0.615. The molecule has 0 saturated carbocycles. The number of hydrogen-bond donors (Lipinski definition) is 1. The Morgan fingerprint density at radius 3 is 3.06 bits per heavy atom. The minimum Gasteiger partial charge on any atom is -0.325 e. The highest BCUT2D eigenvalue weighted by Gasteiger charge is 2.27. The maximum atomic E-state index is 5.72. The van der Waals surface area contributed by atoms with Gasteiger partial charge in [0.25, 0.3) is 0 Å². The zero-order valence-electron chi connectivity index (χ0n) is 10.6. The standard InChI is InChI=1S/C13H21N3S/c1-13(2)10-16(6-7-17-13)9-11-4-3-5-15-12(11)8-14/h3-5H,6-10,14H2,1-2H3. The van der Waals surface area contributed by atoms with Crippen molar-refractivity contribution in [3.8, 4) is 0 Å². The molecule has 1 fully saturated rings. The Balaban J connectivity index is 2.05. The van der Waals surface area contributed by atoms with Gasteiger partial charge in [0.15, 0.2) is 0 Å². The van der Waals surface area contributed by atoms with Gasteiger partial charge in [-0.1, -0.05) is 6.07 Å². The van der Waals surface area contributed by atoms with Crippen LogP contribution < -0.4 is 5.73 Å². The fourth-order valence-electron chi connectivity index (χ4n) is 2.29. The second-order valence-electron chi connectivity index (χ2n) is 5.13. The van der Waals surface area contributed by atoms with Gasteiger partial charge in [-0.3, -0.25) is 9.88 Å². The first-order valence-electron chi connectivity index (χ1n) is 6.10. The SMILES string of the molecule is CC1(C)CN(Cc2cccnc2CN)CCS1. The first kappa shape index (κ1) is 12.9. The summed E-state index contributed by atoms with van der Waals surface area (Å²) in [5, 5.41) is 0. The lowest BCUT2D eigenvalue weighted by Crippen LogP contribution is -2.42. The number of hydrogen-bond acceptors (Lipinski definition) is 4. The van der Waals surface area contributed by atoms with Crippen molar-refractivity contribution in [2.75, 3.05) is 18.8 Å². The summed E-state index contributed by atoms with van der Waals surface area (Å²) in [6, 6.07) is 4.14. The van der Waals surface area contributed by atoms with Gasteiger partial charge in [-0.25, -0.2) is 0 Å². The van der Waals surface area contributed by atoms with Crippen LogP contribution in [0.4, 0.5) is 0 Å². The third-order valence-corrected chi connectivity index (χ3v) is 4.37. The van der Waals surface area contributed by atoms with E-state index in [0.29, 0.717) is 11.3 Å². The van der Waals surface area contributed by atoms with Crippen molar-refractivity contribution in [2.24, 2.45) is 5.73 Å². The zero-order valence-corrected chi connectivity index (χ0v) is 11.5. The largest absolute Gasteiger partial charge is 0.325 e. The van der Waals surface area contributed by atoms with E-state index in [1.54, 1.807) is 0 Å². The van der Waals surface area contributed by atoms with Crippen LogP contribution in [-0.2, 0) is 13.1 Å². The molecule has 2 rings (SSSR count). The van der Waals surface area contributed by atoms with Gasteiger partial charge in [0.1, 0.15) is 0 Å². The van der Waals surface area contributed by atoms with Gasteiger partial charge in [-0.15, -0.1) is 0 Å². The Morgan fingerprint density at radius 1 is 1.53 bits per heavy atom. The molecule has 1 saturated heterocycles. The maximum Gasteiger partial charge on any atom is 0.0584 e. The average molecular weight is 251 g/mol. The van der Waals surface area contributed by atoms with E-state index in [-0.39, 0.29) is 0 Å². The highest BCUT2D eigenvalue weighted by atomic mass is 32.2. The maximum absolute atomic E-state index is 5.72. The lowest BCUT2D eigenvalue weighted by atomic mass is 10.1. The number of thioether (sulfide) groups is 1. The van der Waals surface area contributed by atoms with Crippen molar-refractivity contribution in [1.82, 2.24) is 9.88 Å². The third kappa shape index (κ3) is 3.44. The van der Waals surface area contributed by atoms with Gasteiger partial charge in [-0.05, 0) is 25.5 Å². The van der Waals surface area contributed by atoms with E-state index >= 15 is 0 Å². The van der Waals surface area contributed by atoms with E-state index in [0.717, 1.165) is 25.3 Å². The quantitative estimate of drug-likeness (QED) is 0.890. The fourth-order valence-corrected chi connectivity index (χ4v) is 3.47. The number of nitrogens with two attached hydrogens (primary N) is 1. The predicted octanol–water partition coefficient (Wildman–Crippen LogP) is 1.87. The van der Waals surface area contributed by atoms with Gasteiger partial charge >= 0.3 is 0 Å². The van der Waals surface area contributed by atoms with Crippen LogP contribution in [0.5, 0.6) is 0 Å². The Morgan fingerprint density at radius 2 is 2.35 bits per heavy atom. The molecule has 1 aliphatic rings. The Labute approximate surface area is 108 Å². The molecule has 2 heterocycles. The summed E-state index contributed by atoms with van der Waals surface area (Å²) in [7, 11) is 0. The van der Waals surface area contributed by atoms with E-state index in [1.165, 1.54) is 11.3 Å². The molecule has 0 aromatic carbocycles. The van der Waals surface area contributed by atoms with Crippen LogP contribution in [0.2, 0.25) is 0 Å². The van der Waals surface area contributed by atoms with Crippen molar-refractivity contribution >= 4 is 11.8 Å². The average Bonchev–Trinajstić information content (AvgIpc) is 2.28. The summed E-state index contributed by atoms with van der Waals surface area (Å²) in [6.45, 7) is 8.43. The highest BCUT2D eigenvalue weighted by molar-refractivity contribution is 8.00. The van der Waals surface area contributed by atoms with E-state index in [2.05, 4.69) is 41.6 Å². The molecule has 0 aliphatic carbocycles. The van der Waals surface area contributed by atoms with Crippen LogP contribution in [0, 0.1) is 0 Å². The smallest absolute Gasteiger partial charge is 0.0584 e. The predicted molar refractivity (Wildman–Crippen MR) is 73.9 cm³/mol. The monoisotopic (exact) mass is 251 g/mol. The minimum absolute atomic E-state index is 0.364. The van der Waals surface area contributed by atoms with Crippen LogP contribution in [-0.4, -0.2) is 33.5 Å². The number of nitrogens with zero attached hydrogens (tertiary/aromatic N) is 2. The van der Waals surface area contributed by atoms with Crippen molar-refractivity contribution in [3.63, 3.8) is 0 Å². The van der Waals surface area contributed by atoms with Crippen molar-refractivity contribution in [1.29, 1.82) is 0 Å². The van der Waals surface area contributed by atoms with E-state index in [4.69, 9.17) is 5.73 Å². The van der Waals surface area contributed by atoms with Crippen molar-refractivity contribution in [2.45, 2.75) is 31.7 Å². The molecule has 0 unspecified atom stereocenters. The number of rotatable bonds is 3. The number of aromatic nitrogens is 1. The second-order valence-corrected chi connectivity index (χ2v) is 6.93. The second kappa shape index (κ2) is 5.38. The molecule has 0 amide bonds. The van der Waals surface area contributed by atoms with Crippen LogP contribution in [0.15, 0.2) is 18.3 Å². The molecule has 94 valence electrons. The molecule has 3 nitrogen and oxygen atoms in total. The molecular formula is C13H21N3S. The van der Waals surface area contributed by atoms with Gasteiger partial charge in [0, 0.05) is 42.9 Å². The molecule has 0 radical (unpaired) electrons. The molecule has 0 atom stereocenters.